The van der Waals surface area contributed by atoms with Crippen molar-refractivity contribution < 1.29 is 0 Å². The van der Waals surface area contributed by atoms with Crippen molar-refractivity contribution in [1.29, 1.82) is 0 Å². The van der Waals surface area contributed by atoms with Crippen LogP contribution in [0.5, 0.6) is 0 Å². The Morgan fingerprint density at radius 2 is 2.00 bits per heavy atom. The third-order valence-corrected chi connectivity index (χ3v) is 3.16. The molecule has 2 heteroatoms. The second kappa shape index (κ2) is 4.97. The van der Waals surface area contributed by atoms with Gasteiger partial charge in [0.2, 0.25) is 0 Å². The van der Waals surface area contributed by atoms with Gasteiger partial charge in [0.1, 0.15) is 0 Å². The van der Waals surface area contributed by atoms with Gasteiger partial charge in [-0.2, -0.15) is 0 Å². The van der Waals surface area contributed by atoms with Gasteiger partial charge in [-0.15, -0.1) is 0 Å². The number of hydrogen-bond acceptors (Lipinski definition) is 2. The van der Waals surface area contributed by atoms with E-state index in [1.54, 1.807) is 0 Å². The molecule has 0 aromatic carbocycles. The molecular formula is C11H24N2. The summed E-state index contributed by atoms with van der Waals surface area (Å²) in [4.78, 5) is 0. The maximum Gasteiger partial charge on any atom is 0.0278 e. The van der Waals surface area contributed by atoms with E-state index in [-0.39, 0.29) is 5.54 Å². The maximum atomic E-state index is 5.81. The van der Waals surface area contributed by atoms with Crippen molar-refractivity contribution in [3.63, 3.8) is 0 Å². The summed E-state index contributed by atoms with van der Waals surface area (Å²) in [7, 11) is 0. The normalized spacial score (nSPS) is 23.3. The van der Waals surface area contributed by atoms with Crippen molar-refractivity contribution in [1.82, 2.24) is 5.32 Å². The third kappa shape index (κ3) is 3.28. The van der Waals surface area contributed by atoms with Crippen LogP contribution in [0.15, 0.2) is 0 Å². The van der Waals surface area contributed by atoms with Crippen LogP contribution in [0.3, 0.4) is 0 Å². The SMILES string of the molecule is CCCC(C)(CN)NC1CCCC1. The van der Waals surface area contributed by atoms with Crippen LogP contribution < -0.4 is 11.1 Å². The van der Waals surface area contributed by atoms with E-state index in [4.69, 9.17) is 5.73 Å². The fourth-order valence-corrected chi connectivity index (χ4v) is 2.35. The van der Waals surface area contributed by atoms with Crippen LogP contribution in [0.4, 0.5) is 0 Å². The van der Waals surface area contributed by atoms with Crippen LogP contribution in [-0.4, -0.2) is 18.1 Å². The molecule has 0 aromatic rings. The lowest BCUT2D eigenvalue weighted by molar-refractivity contribution is 0.294. The Kier molecular flexibility index (Phi) is 4.20. The van der Waals surface area contributed by atoms with Crippen LogP contribution in [-0.2, 0) is 0 Å². The van der Waals surface area contributed by atoms with Crippen molar-refractivity contribution in [2.45, 2.75) is 64.0 Å². The van der Waals surface area contributed by atoms with Gasteiger partial charge in [-0.05, 0) is 26.2 Å². The van der Waals surface area contributed by atoms with Crippen molar-refractivity contribution in [3.05, 3.63) is 0 Å². The average molecular weight is 184 g/mol. The van der Waals surface area contributed by atoms with Crippen LogP contribution in [0.25, 0.3) is 0 Å². The van der Waals surface area contributed by atoms with Gasteiger partial charge in [0, 0.05) is 18.1 Å². The first-order valence-electron chi connectivity index (χ1n) is 5.68. The molecule has 1 atom stereocenters. The molecule has 1 rings (SSSR count). The van der Waals surface area contributed by atoms with E-state index < -0.39 is 0 Å². The summed E-state index contributed by atoms with van der Waals surface area (Å²) in [6, 6.07) is 0.736. The molecule has 0 aliphatic heterocycles. The highest BCUT2D eigenvalue weighted by atomic mass is 15.0. The second-order valence-electron chi connectivity index (χ2n) is 4.64. The van der Waals surface area contributed by atoms with Gasteiger partial charge >= 0.3 is 0 Å². The number of rotatable bonds is 5. The second-order valence-corrected chi connectivity index (χ2v) is 4.64. The van der Waals surface area contributed by atoms with Crippen molar-refractivity contribution >= 4 is 0 Å². The summed E-state index contributed by atoms with van der Waals surface area (Å²) in [5, 5.41) is 3.72. The molecular weight excluding hydrogens is 160 g/mol. The minimum absolute atomic E-state index is 0.184. The molecule has 1 aliphatic carbocycles. The minimum atomic E-state index is 0.184. The maximum absolute atomic E-state index is 5.81. The van der Waals surface area contributed by atoms with Crippen molar-refractivity contribution in [3.8, 4) is 0 Å². The van der Waals surface area contributed by atoms with Gasteiger partial charge < -0.3 is 11.1 Å². The van der Waals surface area contributed by atoms with Crippen molar-refractivity contribution in [2.75, 3.05) is 6.54 Å². The highest BCUT2D eigenvalue weighted by Gasteiger charge is 2.26. The molecule has 3 N–H and O–H groups in total. The molecule has 1 saturated carbocycles. The molecule has 1 aliphatic rings. The first-order chi connectivity index (χ1) is 6.20. The van der Waals surface area contributed by atoms with E-state index in [2.05, 4.69) is 19.2 Å². The third-order valence-electron chi connectivity index (χ3n) is 3.16. The average Bonchev–Trinajstić information content (AvgIpc) is 2.57. The van der Waals surface area contributed by atoms with E-state index in [0.29, 0.717) is 0 Å². The Morgan fingerprint density at radius 1 is 1.38 bits per heavy atom. The Balaban J connectivity index is 2.36. The summed E-state index contributed by atoms with van der Waals surface area (Å²) in [5.41, 5.74) is 5.99. The van der Waals surface area contributed by atoms with E-state index in [1.807, 2.05) is 0 Å². The molecule has 0 aromatic heterocycles. The quantitative estimate of drug-likeness (QED) is 0.686. The first kappa shape index (κ1) is 11.0. The highest BCUT2D eigenvalue weighted by Crippen LogP contribution is 2.21. The Hall–Kier alpha value is -0.0800. The molecule has 1 fully saturated rings. The van der Waals surface area contributed by atoms with Gasteiger partial charge in [0.15, 0.2) is 0 Å². The zero-order valence-electron chi connectivity index (χ0n) is 9.10. The predicted molar refractivity (Wildman–Crippen MR) is 57.8 cm³/mol. The minimum Gasteiger partial charge on any atom is -0.329 e. The van der Waals surface area contributed by atoms with Crippen LogP contribution in [0.1, 0.15) is 52.4 Å². The fourth-order valence-electron chi connectivity index (χ4n) is 2.35. The Morgan fingerprint density at radius 3 is 2.46 bits per heavy atom. The molecule has 0 spiro atoms. The van der Waals surface area contributed by atoms with E-state index in [9.17, 15) is 0 Å². The first-order valence-corrected chi connectivity index (χ1v) is 5.68. The lowest BCUT2D eigenvalue weighted by atomic mass is 9.95. The van der Waals surface area contributed by atoms with Gasteiger partial charge in [-0.25, -0.2) is 0 Å². The highest BCUT2D eigenvalue weighted by molar-refractivity contribution is 4.88. The smallest absolute Gasteiger partial charge is 0.0278 e. The monoisotopic (exact) mass is 184 g/mol. The molecule has 1 unspecified atom stereocenters. The Labute approximate surface area is 82.3 Å². The van der Waals surface area contributed by atoms with Gasteiger partial charge in [-0.1, -0.05) is 26.2 Å². The Bertz CT molecular complexity index is 141. The van der Waals surface area contributed by atoms with Gasteiger partial charge in [-0.3, -0.25) is 0 Å². The van der Waals surface area contributed by atoms with E-state index in [1.165, 1.54) is 38.5 Å². The zero-order chi connectivity index (χ0) is 9.73. The largest absolute Gasteiger partial charge is 0.329 e. The van der Waals surface area contributed by atoms with E-state index >= 15 is 0 Å². The topological polar surface area (TPSA) is 38.0 Å². The van der Waals surface area contributed by atoms with Crippen molar-refractivity contribution in [2.24, 2.45) is 5.73 Å². The lowest BCUT2D eigenvalue weighted by Gasteiger charge is -2.32. The lowest BCUT2D eigenvalue weighted by Crippen LogP contribution is -2.52. The molecule has 0 amide bonds. The summed E-state index contributed by atoms with van der Waals surface area (Å²) < 4.78 is 0. The van der Waals surface area contributed by atoms with Crippen LogP contribution in [0, 0.1) is 0 Å². The molecule has 0 bridgehead atoms. The molecule has 0 saturated heterocycles. The van der Waals surface area contributed by atoms with Crippen LogP contribution in [0.2, 0.25) is 0 Å². The zero-order valence-corrected chi connectivity index (χ0v) is 9.10. The van der Waals surface area contributed by atoms with Gasteiger partial charge in [0.25, 0.3) is 0 Å². The number of hydrogen-bond donors (Lipinski definition) is 2. The van der Waals surface area contributed by atoms with Crippen LogP contribution >= 0.6 is 0 Å². The summed E-state index contributed by atoms with van der Waals surface area (Å²) in [6.07, 6.45) is 7.89. The molecule has 0 radical (unpaired) electrons. The standard InChI is InChI=1S/C11H24N2/c1-3-8-11(2,9-12)13-10-6-4-5-7-10/h10,13H,3-9,12H2,1-2H3. The number of nitrogens with one attached hydrogen (secondary N) is 1. The summed E-state index contributed by atoms with van der Waals surface area (Å²) in [5.74, 6) is 0. The summed E-state index contributed by atoms with van der Waals surface area (Å²) in [6.45, 7) is 5.25. The summed E-state index contributed by atoms with van der Waals surface area (Å²) >= 11 is 0. The fraction of sp³-hybridized carbons (Fsp3) is 1.00. The molecule has 2 nitrogen and oxygen atoms in total. The molecule has 78 valence electrons. The van der Waals surface area contributed by atoms with Gasteiger partial charge in [0.05, 0.1) is 0 Å². The molecule has 13 heavy (non-hydrogen) atoms. The predicted octanol–water partition coefficient (Wildman–Crippen LogP) is 2.04. The molecule has 0 heterocycles. The number of nitrogens with two attached hydrogens (primary N) is 1. The van der Waals surface area contributed by atoms with E-state index in [0.717, 1.165) is 12.6 Å².